The van der Waals surface area contributed by atoms with Crippen molar-refractivity contribution >= 4 is 16.7 Å². The van der Waals surface area contributed by atoms with Crippen molar-refractivity contribution in [2.75, 3.05) is 53.6 Å². The lowest BCUT2D eigenvalue weighted by Crippen LogP contribution is -2.39. The molecule has 0 N–H and O–H groups in total. The van der Waals surface area contributed by atoms with Gasteiger partial charge in [-0.1, -0.05) is 36.4 Å². The number of hydrogen-bond donors (Lipinski definition) is 0. The summed E-state index contributed by atoms with van der Waals surface area (Å²) in [5, 5.41) is 2.20. The molecule has 0 aromatic heterocycles. The van der Waals surface area contributed by atoms with Crippen molar-refractivity contribution in [2.24, 2.45) is 0 Å². The van der Waals surface area contributed by atoms with E-state index in [9.17, 15) is 4.79 Å². The number of rotatable bonds is 9. The first-order valence-corrected chi connectivity index (χ1v) is 11.5. The van der Waals surface area contributed by atoms with E-state index in [0.29, 0.717) is 30.2 Å². The largest absolute Gasteiger partial charge is 0.493 e. The molecule has 3 aromatic carbocycles. The number of methoxy groups -OCH3 is 2. The van der Waals surface area contributed by atoms with Crippen molar-refractivity contribution in [3.63, 3.8) is 0 Å². The molecule has 1 saturated heterocycles. The zero-order valence-corrected chi connectivity index (χ0v) is 19.5. The van der Waals surface area contributed by atoms with E-state index >= 15 is 0 Å². The van der Waals surface area contributed by atoms with Gasteiger partial charge in [0.2, 0.25) is 0 Å². The Kier molecular flexibility index (Phi) is 7.81. The highest BCUT2D eigenvalue weighted by Gasteiger charge is 2.19. The second-order valence-electron chi connectivity index (χ2n) is 8.29. The molecule has 0 spiro atoms. The first-order chi connectivity index (χ1) is 16.2. The maximum Gasteiger partial charge on any atom is 0.254 e. The maximum atomic E-state index is 13.6. The van der Waals surface area contributed by atoms with Gasteiger partial charge in [-0.2, -0.15) is 0 Å². The molecule has 174 valence electrons. The highest BCUT2D eigenvalue weighted by molar-refractivity contribution is 5.98. The van der Waals surface area contributed by atoms with Gasteiger partial charge in [-0.05, 0) is 47.0 Å². The number of morpholine rings is 1. The first-order valence-electron chi connectivity index (χ1n) is 11.5. The van der Waals surface area contributed by atoms with E-state index in [4.69, 9.17) is 14.2 Å². The van der Waals surface area contributed by atoms with Crippen LogP contribution in [0.3, 0.4) is 0 Å². The minimum Gasteiger partial charge on any atom is -0.493 e. The molecule has 0 unspecified atom stereocenters. The first kappa shape index (κ1) is 23.1. The molecule has 1 heterocycles. The van der Waals surface area contributed by atoms with Crippen LogP contribution in [-0.2, 0) is 11.3 Å². The van der Waals surface area contributed by atoms with Crippen LogP contribution in [0.5, 0.6) is 11.5 Å². The number of ether oxygens (including phenoxy) is 3. The molecule has 0 atom stereocenters. The molecule has 4 rings (SSSR count). The van der Waals surface area contributed by atoms with E-state index < -0.39 is 0 Å². The molecule has 1 aliphatic rings. The van der Waals surface area contributed by atoms with E-state index in [1.807, 2.05) is 59.5 Å². The van der Waals surface area contributed by atoms with E-state index in [-0.39, 0.29) is 5.91 Å². The van der Waals surface area contributed by atoms with Crippen LogP contribution in [0.25, 0.3) is 10.8 Å². The van der Waals surface area contributed by atoms with Crippen LogP contribution in [0.2, 0.25) is 0 Å². The van der Waals surface area contributed by atoms with E-state index in [0.717, 1.165) is 55.6 Å². The number of fused-ring (bicyclic) bond motifs is 1. The standard InChI is InChI=1S/C27H32N2O4/c1-31-25-11-8-21(18-26(25)32-2)20-29(13-5-12-28-14-16-33-17-15-28)27(30)24-10-9-22-6-3-4-7-23(22)19-24/h3-4,6-11,18-19H,5,12-17,20H2,1-2H3. The summed E-state index contributed by atoms with van der Waals surface area (Å²) in [5.74, 6) is 1.39. The number of carbonyl (C=O) groups excluding carboxylic acids is 1. The second-order valence-corrected chi connectivity index (χ2v) is 8.29. The van der Waals surface area contributed by atoms with Gasteiger partial charge in [0.05, 0.1) is 27.4 Å². The highest BCUT2D eigenvalue weighted by atomic mass is 16.5. The maximum absolute atomic E-state index is 13.6. The normalized spacial score (nSPS) is 14.2. The second kappa shape index (κ2) is 11.2. The minimum absolute atomic E-state index is 0.0394. The van der Waals surface area contributed by atoms with Crippen molar-refractivity contribution < 1.29 is 19.0 Å². The third kappa shape index (κ3) is 5.83. The lowest BCUT2D eigenvalue weighted by molar-refractivity contribution is 0.0355. The molecule has 0 saturated carbocycles. The molecule has 6 heteroatoms. The Morgan fingerprint density at radius 3 is 2.45 bits per heavy atom. The third-order valence-electron chi connectivity index (χ3n) is 6.11. The fourth-order valence-corrected chi connectivity index (χ4v) is 4.27. The van der Waals surface area contributed by atoms with Gasteiger partial charge in [-0.15, -0.1) is 0 Å². The Labute approximate surface area is 195 Å². The topological polar surface area (TPSA) is 51.2 Å². The Bertz CT molecular complexity index is 1080. The van der Waals surface area contributed by atoms with Crippen LogP contribution >= 0.6 is 0 Å². The summed E-state index contributed by atoms with van der Waals surface area (Å²) in [4.78, 5) is 17.9. The highest BCUT2D eigenvalue weighted by Crippen LogP contribution is 2.28. The molecule has 0 aliphatic carbocycles. The summed E-state index contributed by atoms with van der Waals surface area (Å²) in [6, 6.07) is 19.9. The number of hydrogen-bond acceptors (Lipinski definition) is 5. The van der Waals surface area contributed by atoms with E-state index in [2.05, 4.69) is 11.0 Å². The summed E-state index contributed by atoms with van der Waals surface area (Å²) in [5.41, 5.74) is 1.72. The van der Waals surface area contributed by atoms with Gasteiger partial charge in [-0.3, -0.25) is 9.69 Å². The predicted molar refractivity (Wildman–Crippen MR) is 130 cm³/mol. The Hall–Kier alpha value is -3.09. The fourth-order valence-electron chi connectivity index (χ4n) is 4.27. The minimum atomic E-state index is 0.0394. The fraction of sp³-hybridized carbons (Fsp3) is 0.370. The smallest absolute Gasteiger partial charge is 0.254 e. The van der Waals surface area contributed by atoms with Gasteiger partial charge in [0.1, 0.15) is 0 Å². The summed E-state index contributed by atoms with van der Waals surface area (Å²) in [6.45, 7) is 5.61. The van der Waals surface area contributed by atoms with Crippen LogP contribution in [-0.4, -0.2) is 69.3 Å². The molecule has 1 aliphatic heterocycles. The average molecular weight is 449 g/mol. The van der Waals surface area contributed by atoms with Crippen LogP contribution in [0, 0.1) is 0 Å². The Morgan fingerprint density at radius 2 is 1.70 bits per heavy atom. The van der Waals surface area contributed by atoms with Gasteiger partial charge in [-0.25, -0.2) is 0 Å². The summed E-state index contributed by atoms with van der Waals surface area (Å²) < 4.78 is 16.3. The molecular weight excluding hydrogens is 416 g/mol. The summed E-state index contributed by atoms with van der Waals surface area (Å²) in [7, 11) is 3.25. The Balaban J connectivity index is 1.53. The molecule has 0 radical (unpaired) electrons. The Morgan fingerprint density at radius 1 is 0.939 bits per heavy atom. The van der Waals surface area contributed by atoms with Crippen LogP contribution in [0.4, 0.5) is 0 Å². The van der Waals surface area contributed by atoms with Gasteiger partial charge in [0, 0.05) is 38.3 Å². The molecule has 0 bridgehead atoms. The van der Waals surface area contributed by atoms with Crippen molar-refractivity contribution in [3.05, 3.63) is 71.8 Å². The van der Waals surface area contributed by atoms with Gasteiger partial charge < -0.3 is 19.1 Å². The van der Waals surface area contributed by atoms with Gasteiger partial charge in [0.25, 0.3) is 5.91 Å². The van der Waals surface area contributed by atoms with Crippen LogP contribution in [0.1, 0.15) is 22.3 Å². The van der Waals surface area contributed by atoms with Gasteiger partial charge in [0.15, 0.2) is 11.5 Å². The lowest BCUT2D eigenvalue weighted by Gasteiger charge is -2.28. The molecule has 6 nitrogen and oxygen atoms in total. The van der Waals surface area contributed by atoms with Crippen molar-refractivity contribution in [3.8, 4) is 11.5 Å². The van der Waals surface area contributed by atoms with E-state index in [1.54, 1.807) is 14.2 Å². The quantitative estimate of drug-likeness (QED) is 0.491. The summed E-state index contributed by atoms with van der Waals surface area (Å²) in [6.07, 6.45) is 0.909. The number of nitrogens with zero attached hydrogens (tertiary/aromatic N) is 2. The van der Waals surface area contributed by atoms with Crippen molar-refractivity contribution in [2.45, 2.75) is 13.0 Å². The molecule has 33 heavy (non-hydrogen) atoms. The number of benzene rings is 3. The molecular formula is C27H32N2O4. The van der Waals surface area contributed by atoms with Crippen LogP contribution in [0.15, 0.2) is 60.7 Å². The number of amides is 1. The van der Waals surface area contributed by atoms with Crippen molar-refractivity contribution in [1.82, 2.24) is 9.80 Å². The molecule has 1 amide bonds. The summed E-state index contributed by atoms with van der Waals surface area (Å²) >= 11 is 0. The third-order valence-corrected chi connectivity index (χ3v) is 6.11. The average Bonchev–Trinajstić information content (AvgIpc) is 2.88. The monoisotopic (exact) mass is 448 g/mol. The lowest BCUT2D eigenvalue weighted by atomic mass is 10.1. The molecule has 3 aromatic rings. The van der Waals surface area contributed by atoms with Crippen LogP contribution < -0.4 is 9.47 Å². The van der Waals surface area contributed by atoms with Gasteiger partial charge >= 0.3 is 0 Å². The van der Waals surface area contributed by atoms with E-state index in [1.165, 1.54) is 0 Å². The SMILES string of the molecule is COc1ccc(CN(CCCN2CCOCC2)C(=O)c2ccc3ccccc3c2)cc1OC. The molecule has 1 fully saturated rings. The zero-order chi connectivity index (χ0) is 23.0. The predicted octanol–water partition coefficient (Wildman–Crippen LogP) is 4.22. The zero-order valence-electron chi connectivity index (χ0n) is 19.5. The number of carbonyl (C=O) groups is 1. The van der Waals surface area contributed by atoms with Crippen molar-refractivity contribution in [1.29, 1.82) is 0 Å².